The first-order valence-corrected chi connectivity index (χ1v) is 6.12. The smallest absolute Gasteiger partial charge is 0.0589 e. The van der Waals surface area contributed by atoms with Crippen LogP contribution < -0.4 is 5.73 Å². The van der Waals surface area contributed by atoms with E-state index < -0.39 is 0 Å². The highest BCUT2D eigenvalue weighted by molar-refractivity contribution is 5.84. The molecule has 0 saturated carbocycles. The molecule has 1 aliphatic rings. The Labute approximate surface area is 101 Å². The van der Waals surface area contributed by atoms with Crippen LogP contribution >= 0.6 is 0 Å². The molecule has 3 heteroatoms. The first kappa shape index (κ1) is 10.8. The maximum absolute atomic E-state index is 5.85. The Kier molecular flexibility index (Phi) is 2.45. The van der Waals surface area contributed by atoms with E-state index >= 15 is 0 Å². The molecule has 0 spiro atoms. The van der Waals surface area contributed by atoms with Gasteiger partial charge in [-0.1, -0.05) is 25.1 Å². The molecule has 0 bridgehead atoms. The molecule has 3 nitrogen and oxygen atoms in total. The van der Waals surface area contributed by atoms with E-state index in [4.69, 9.17) is 10.5 Å². The minimum absolute atomic E-state index is 0.106. The van der Waals surface area contributed by atoms with Crippen molar-refractivity contribution < 1.29 is 4.74 Å². The number of para-hydroxylation sites is 1. The van der Waals surface area contributed by atoms with Crippen molar-refractivity contribution >= 4 is 10.9 Å². The number of benzene rings is 1. The second-order valence-electron chi connectivity index (χ2n) is 5.03. The minimum Gasteiger partial charge on any atom is -0.379 e. The van der Waals surface area contributed by atoms with E-state index in [0.29, 0.717) is 12.5 Å². The van der Waals surface area contributed by atoms with Gasteiger partial charge in [-0.15, -0.1) is 0 Å². The molecule has 17 heavy (non-hydrogen) atoms. The number of H-pyrrole nitrogens is 1. The van der Waals surface area contributed by atoms with Gasteiger partial charge >= 0.3 is 0 Å². The van der Waals surface area contributed by atoms with Crippen LogP contribution in [0.25, 0.3) is 10.9 Å². The lowest BCUT2D eigenvalue weighted by atomic mass is 9.69. The minimum atomic E-state index is 0.106. The van der Waals surface area contributed by atoms with Gasteiger partial charge in [0.25, 0.3) is 0 Å². The van der Waals surface area contributed by atoms with Gasteiger partial charge in [0.2, 0.25) is 0 Å². The molecule has 1 saturated heterocycles. The van der Waals surface area contributed by atoms with Crippen molar-refractivity contribution in [3.05, 3.63) is 36.0 Å². The van der Waals surface area contributed by atoms with Crippen LogP contribution in [0.15, 0.2) is 30.5 Å². The van der Waals surface area contributed by atoms with Gasteiger partial charge in [-0.2, -0.15) is 0 Å². The van der Waals surface area contributed by atoms with Crippen molar-refractivity contribution in [3.8, 4) is 0 Å². The maximum Gasteiger partial charge on any atom is 0.0589 e. The van der Waals surface area contributed by atoms with Gasteiger partial charge in [0, 0.05) is 22.5 Å². The van der Waals surface area contributed by atoms with Crippen molar-refractivity contribution in [2.24, 2.45) is 11.7 Å². The van der Waals surface area contributed by atoms with Crippen LogP contribution in [0.3, 0.4) is 0 Å². The molecule has 2 heterocycles. The second kappa shape index (κ2) is 3.86. The summed E-state index contributed by atoms with van der Waals surface area (Å²) in [5, 5.41) is 1.30. The van der Waals surface area contributed by atoms with Crippen LogP contribution in [0.4, 0.5) is 0 Å². The zero-order chi connectivity index (χ0) is 11.9. The average Bonchev–Trinajstić information content (AvgIpc) is 2.72. The molecular formula is C14H18N2O. The van der Waals surface area contributed by atoms with Gasteiger partial charge in [-0.25, -0.2) is 0 Å². The maximum atomic E-state index is 5.85. The van der Waals surface area contributed by atoms with Crippen LogP contribution in [0.1, 0.15) is 12.5 Å². The van der Waals surface area contributed by atoms with E-state index in [9.17, 15) is 0 Å². The standard InChI is InChI=1S/C14H18N2O/c1-10(6-15)14(8-17-9-14)12-7-16-13-5-3-2-4-11(12)13/h2-5,7,10,16H,6,8-9,15H2,1H3. The highest BCUT2D eigenvalue weighted by atomic mass is 16.5. The third kappa shape index (κ3) is 1.43. The molecule has 0 aliphatic carbocycles. The van der Waals surface area contributed by atoms with E-state index in [2.05, 4.69) is 42.4 Å². The molecule has 1 aromatic heterocycles. The van der Waals surface area contributed by atoms with Gasteiger partial charge in [-0.05, 0) is 24.1 Å². The Bertz CT molecular complexity index is 528. The molecule has 90 valence electrons. The Hall–Kier alpha value is -1.32. The predicted octanol–water partition coefficient (Wildman–Crippen LogP) is 2.03. The summed E-state index contributed by atoms with van der Waals surface area (Å²) >= 11 is 0. The molecule has 1 fully saturated rings. The number of nitrogens with one attached hydrogen (secondary N) is 1. The number of hydrogen-bond donors (Lipinski definition) is 2. The SMILES string of the molecule is CC(CN)C1(c2c[nH]c3ccccc23)COC1. The molecule has 0 radical (unpaired) electrons. The van der Waals surface area contributed by atoms with Gasteiger partial charge in [0.1, 0.15) is 0 Å². The molecule has 1 aromatic carbocycles. The highest BCUT2D eigenvalue weighted by Gasteiger charge is 2.45. The summed E-state index contributed by atoms with van der Waals surface area (Å²) in [6, 6.07) is 8.42. The molecule has 3 rings (SSSR count). The lowest BCUT2D eigenvalue weighted by molar-refractivity contribution is -0.0846. The van der Waals surface area contributed by atoms with E-state index in [1.54, 1.807) is 0 Å². The molecule has 1 unspecified atom stereocenters. The normalized spacial score (nSPS) is 20.1. The van der Waals surface area contributed by atoms with Crippen LogP contribution in [0, 0.1) is 5.92 Å². The van der Waals surface area contributed by atoms with E-state index in [0.717, 1.165) is 13.2 Å². The first-order chi connectivity index (χ1) is 8.28. The topological polar surface area (TPSA) is 51.0 Å². The lowest BCUT2D eigenvalue weighted by Gasteiger charge is -2.45. The molecule has 1 aliphatic heterocycles. The summed E-state index contributed by atoms with van der Waals surface area (Å²) in [6.07, 6.45) is 2.12. The fourth-order valence-electron chi connectivity index (χ4n) is 2.74. The number of aromatic amines is 1. The zero-order valence-electron chi connectivity index (χ0n) is 10.1. The zero-order valence-corrected chi connectivity index (χ0v) is 10.1. The highest BCUT2D eigenvalue weighted by Crippen LogP contribution is 2.42. The lowest BCUT2D eigenvalue weighted by Crippen LogP contribution is -2.53. The Balaban J connectivity index is 2.13. The fourth-order valence-corrected chi connectivity index (χ4v) is 2.74. The summed E-state index contributed by atoms with van der Waals surface area (Å²) in [5.41, 5.74) is 8.51. The van der Waals surface area contributed by atoms with Gasteiger partial charge in [0.15, 0.2) is 0 Å². The van der Waals surface area contributed by atoms with Crippen LogP contribution in [-0.4, -0.2) is 24.7 Å². The monoisotopic (exact) mass is 230 g/mol. The summed E-state index contributed by atoms with van der Waals surface area (Å²) < 4.78 is 5.46. The average molecular weight is 230 g/mol. The molecule has 3 N–H and O–H groups in total. The molecular weight excluding hydrogens is 212 g/mol. The number of hydrogen-bond acceptors (Lipinski definition) is 2. The van der Waals surface area contributed by atoms with Gasteiger partial charge in [0.05, 0.1) is 13.2 Å². The van der Waals surface area contributed by atoms with Crippen molar-refractivity contribution in [1.29, 1.82) is 0 Å². The molecule has 2 aromatic rings. The van der Waals surface area contributed by atoms with Crippen molar-refractivity contribution in [2.45, 2.75) is 12.3 Å². The van der Waals surface area contributed by atoms with Crippen LogP contribution in [0.2, 0.25) is 0 Å². The van der Waals surface area contributed by atoms with Crippen molar-refractivity contribution in [2.75, 3.05) is 19.8 Å². The van der Waals surface area contributed by atoms with Crippen LogP contribution in [0.5, 0.6) is 0 Å². The fraction of sp³-hybridized carbons (Fsp3) is 0.429. The van der Waals surface area contributed by atoms with E-state index in [1.165, 1.54) is 16.5 Å². The third-order valence-electron chi connectivity index (χ3n) is 4.14. The summed E-state index contributed by atoms with van der Waals surface area (Å²) in [7, 11) is 0. The number of aromatic nitrogens is 1. The van der Waals surface area contributed by atoms with Crippen LogP contribution in [-0.2, 0) is 10.2 Å². The second-order valence-corrected chi connectivity index (χ2v) is 5.03. The Morgan fingerprint density at radius 2 is 2.18 bits per heavy atom. The van der Waals surface area contributed by atoms with E-state index in [-0.39, 0.29) is 5.41 Å². The summed E-state index contributed by atoms with van der Waals surface area (Å²) in [4.78, 5) is 3.34. The third-order valence-corrected chi connectivity index (χ3v) is 4.14. The summed E-state index contributed by atoms with van der Waals surface area (Å²) in [5.74, 6) is 0.440. The van der Waals surface area contributed by atoms with Gasteiger partial charge in [-0.3, -0.25) is 0 Å². The van der Waals surface area contributed by atoms with E-state index in [1.807, 2.05) is 0 Å². The number of nitrogens with two attached hydrogens (primary N) is 1. The van der Waals surface area contributed by atoms with Gasteiger partial charge < -0.3 is 15.5 Å². The number of rotatable bonds is 3. The first-order valence-electron chi connectivity index (χ1n) is 6.12. The summed E-state index contributed by atoms with van der Waals surface area (Å²) in [6.45, 7) is 4.48. The molecule has 1 atom stereocenters. The predicted molar refractivity (Wildman–Crippen MR) is 69.0 cm³/mol. The number of fused-ring (bicyclic) bond motifs is 1. The van der Waals surface area contributed by atoms with Crippen molar-refractivity contribution in [3.63, 3.8) is 0 Å². The Morgan fingerprint density at radius 1 is 1.41 bits per heavy atom. The molecule has 0 amide bonds. The quantitative estimate of drug-likeness (QED) is 0.847. The number of ether oxygens (including phenoxy) is 1. The largest absolute Gasteiger partial charge is 0.379 e. The van der Waals surface area contributed by atoms with Crippen molar-refractivity contribution in [1.82, 2.24) is 4.98 Å². The Morgan fingerprint density at radius 3 is 2.82 bits per heavy atom.